The van der Waals surface area contributed by atoms with Gasteiger partial charge >= 0.3 is 0 Å². The monoisotopic (exact) mass is 502 g/mol. The summed E-state index contributed by atoms with van der Waals surface area (Å²) in [6.07, 6.45) is 2.20. The van der Waals surface area contributed by atoms with E-state index in [2.05, 4.69) is 15.8 Å². The van der Waals surface area contributed by atoms with Gasteiger partial charge in [0.05, 0.1) is 30.0 Å². The van der Waals surface area contributed by atoms with Crippen LogP contribution in [0, 0.1) is 0 Å². The number of fused-ring (bicyclic) bond motifs is 1. The Labute approximate surface area is 207 Å². The first-order chi connectivity index (χ1) is 16.6. The third-order valence-corrected chi connectivity index (χ3v) is 7.60. The van der Waals surface area contributed by atoms with E-state index in [0.29, 0.717) is 29.7 Å². The van der Waals surface area contributed by atoms with E-state index < -0.39 is 0 Å². The molecule has 0 spiro atoms. The molecule has 5 rings (SSSR count). The molecule has 2 saturated heterocycles. The highest BCUT2D eigenvalue weighted by molar-refractivity contribution is 7.20. The Balaban J connectivity index is 1.17. The van der Waals surface area contributed by atoms with Gasteiger partial charge in [-0.1, -0.05) is 29.0 Å². The number of thiazole rings is 1. The van der Waals surface area contributed by atoms with E-state index in [-0.39, 0.29) is 24.1 Å². The summed E-state index contributed by atoms with van der Waals surface area (Å²) < 4.78 is 18.0. The zero-order chi connectivity index (χ0) is 23.7. The van der Waals surface area contributed by atoms with Crippen molar-refractivity contribution in [3.8, 4) is 16.7 Å². The Morgan fingerprint density at radius 3 is 2.71 bits per heavy atom. The van der Waals surface area contributed by atoms with E-state index in [1.807, 2.05) is 41.3 Å². The number of halogens is 1. The number of methoxy groups -OCH3 is 2. The van der Waals surface area contributed by atoms with Gasteiger partial charge in [-0.25, -0.2) is 15.8 Å². The van der Waals surface area contributed by atoms with Crippen LogP contribution in [0.15, 0.2) is 36.4 Å². The number of likely N-dealkylation sites (tertiary alicyclic amines) is 1. The molecule has 1 aromatic heterocycles. The zero-order valence-corrected chi connectivity index (χ0v) is 20.6. The molecule has 0 saturated carbocycles. The third kappa shape index (κ3) is 4.65. The summed E-state index contributed by atoms with van der Waals surface area (Å²) in [4.78, 5) is 19.6. The third-order valence-electron chi connectivity index (χ3n) is 6.38. The number of carbonyl (C=O) groups excluding carboxylic acids is 1. The van der Waals surface area contributed by atoms with Crippen molar-refractivity contribution in [2.24, 2.45) is 0 Å². The summed E-state index contributed by atoms with van der Waals surface area (Å²) in [5.74, 6) is 1.62. The predicted molar refractivity (Wildman–Crippen MR) is 132 cm³/mol. The molecule has 3 aromatic rings. The minimum absolute atomic E-state index is 0.0341. The fraction of sp³-hybridized carbons (Fsp3) is 0.417. The lowest BCUT2D eigenvalue weighted by molar-refractivity contribution is -0.135. The minimum Gasteiger partial charge on any atom is -0.497 e. The van der Waals surface area contributed by atoms with Gasteiger partial charge in [0.1, 0.15) is 29.2 Å². The second kappa shape index (κ2) is 9.95. The summed E-state index contributed by atoms with van der Waals surface area (Å²) in [5.41, 5.74) is 8.17. The molecule has 3 heterocycles. The lowest BCUT2D eigenvalue weighted by atomic mass is 9.99. The molecule has 2 aromatic carbocycles. The zero-order valence-electron chi connectivity index (χ0n) is 19.0. The molecule has 0 radical (unpaired) electrons. The molecule has 0 aliphatic carbocycles. The van der Waals surface area contributed by atoms with E-state index in [9.17, 15) is 4.79 Å². The first-order valence-electron chi connectivity index (χ1n) is 11.3. The highest BCUT2D eigenvalue weighted by atomic mass is 35.5. The van der Waals surface area contributed by atoms with Crippen molar-refractivity contribution in [2.45, 2.75) is 37.5 Å². The number of nitrogens with zero attached hydrogens (tertiary/aromatic N) is 2. The molecule has 10 heteroatoms. The average Bonchev–Trinajstić information content (AvgIpc) is 3.52. The summed E-state index contributed by atoms with van der Waals surface area (Å²) in [5, 5.41) is 1.26. The summed E-state index contributed by atoms with van der Waals surface area (Å²) in [7, 11) is 3.28. The van der Waals surface area contributed by atoms with Crippen molar-refractivity contribution in [3.63, 3.8) is 0 Å². The van der Waals surface area contributed by atoms with Gasteiger partial charge in [0.15, 0.2) is 0 Å². The van der Waals surface area contributed by atoms with Crippen molar-refractivity contribution >= 4 is 39.1 Å². The van der Waals surface area contributed by atoms with Crippen molar-refractivity contribution in [1.82, 2.24) is 20.7 Å². The van der Waals surface area contributed by atoms with E-state index in [1.54, 1.807) is 14.2 Å². The topological polar surface area (TPSA) is 85.0 Å². The quantitative estimate of drug-likeness (QED) is 0.528. The highest BCUT2D eigenvalue weighted by Crippen LogP contribution is 2.35. The van der Waals surface area contributed by atoms with Gasteiger partial charge in [0, 0.05) is 31.5 Å². The molecule has 8 nitrogen and oxygen atoms in total. The summed E-state index contributed by atoms with van der Waals surface area (Å²) in [6, 6.07) is 11.1. The van der Waals surface area contributed by atoms with Gasteiger partial charge in [-0.15, -0.1) is 0 Å². The maximum Gasteiger partial charge on any atom is 0.274 e. The van der Waals surface area contributed by atoms with Crippen LogP contribution in [-0.2, 0) is 4.79 Å². The fourth-order valence-corrected chi connectivity index (χ4v) is 5.72. The molecular weight excluding hydrogens is 476 g/mol. The number of hydrazine groups is 1. The molecule has 0 bridgehead atoms. The van der Waals surface area contributed by atoms with Crippen LogP contribution in [0.4, 0.5) is 0 Å². The lowest BCUT2D eigenvalue weighted by Gasteiger charge is -2.33. The van der Waals surface area contributed by atoms with Crippen LogP contribution in [0.5, 0.6) is 16.7 Å². The van der Waals surface area contributed by atoms with Crippen LogP contribution in [-0.4, -0.2) is 55.2 Å². The van der Waals surface area contributed by atoms with Gasteiger partial charge in [-0.05, 0) is 36.8 Å². The molecule has 2 fully saturated rings. The molecule has 2 unspecified atom stereocenters. The van der Waals surface area contributed by atoms with Gasteiger partial charge in [-0.2, -0.15) is 0 Å². The molecule has 2 aliphatic rings. The molecule has 1 amide bonds. The van der Waals surface area contributed by atoms with Crippen molar-refractivity contribution < 1.29 is 19.0 Å². The van der Waals surface area contributed by atoms with E-state index in [0.717, 1.165) is 40.1 Å². The van der Waals surface area contributed by atoms with Gasteiger partial charge in [0.25, 0.3) is 5.19 Å². The second-order valence-electron chi connectivity index (χ2n) is 8.45. The highest BCUT2D eigenvalue weighted by Gasteiger charge is 2.36. The van der Waals surface area contributed by atoms with Gasteiger partial charge in [0.2, 0.25) is 5.91 Å². The van der Waals surface area contributed by atoms with E-state index >= 15 is 0 Å². The number of hydrogen-bond acceptors (Lipinski definition) is 8. The van der Waals surface area contributed by atoms with Crippen LogP contribution in [0.2, 0.25) is 5.02 Å². The van der Waals surface area contributed by atoms with Crippen molar-refractivity contribution in [3.05, 3.63) is 47.0 Å². The Bertz CT molecular complexity index is 1180. The molecule has 2 aliphatic heterocycles. The standard InChI is InChI=1S/C24H27ClN4O4S/c1-31-15-6-7-20(32-2)16(12-15)18-13-19(28-27-18)23(30)29-10-8-14(9-11-29)33-24-26-22-17(25)4-3-5-21(22)34-24/h3-7,12,14,18-19,27-28H,8-11,13H2,1-2H3. The van der Waals surface area contributed by atoms with Gasteiger partial charge < -0.3 is 19.1 Å². The van der Waals surface area contributed by atoms with Crippen molar-refractivity contribution in [2.75, 3.05) is 27.3 Å². The summed E-state index contributed by atoms with van der Waals surface area (Å²) in [6.45, 7) is 1.31. The maximum absolute atomic E-state index is 13.2. The predicted octanol–water partition coefficient (Wildman–Crippen LogP) is 3.94. The molecule has 34 heavy (non-hydrogen) atoms. The number of nitrogens with one attached hydrogen (secondary N) is 2. The van der Waals surface area contributed by atoms with Crippen LogP contribution in [0.25, 0.3) is 10.2 Å². The number of para-hydroxylation sites is 1. The number of hydrogen-bond donors (Lipinski definition) is 2. The van der Waals surface area contributed by atoms with Crippen LogP contribution >= 0.6 is 22.9 Å². The lowest BCUT2D eigenvalue weighted by Crippen LogP contribution is -2.49. The Kier molecular flexibility index (Phi) is 6.78. The molecule has 180 valence electrons. The molecular formula is C24H27ClN4O4S. The minimum atomic E-state index is -0.301. The number of amides is 1. The van der Waals surface area contributed by atoms with Crippen LogP contribution in [0.1, 0.15) is 30.9 Å². The number of aromatic nitrogens is 1. The Morgan fingerprint density at radius 1 is 1.15 bits per heavy atom. The largest absolute Gasteiger partial charge is 0.497 e. The van der Waals surface area contributed by atoms with Crippen LogP contribution in [0.3, 0.4) is 0 Å². The number of ether oxygens (including phenoxy) is 3. The van der Waals surface area contributed by atoms with Crippen LogP contribution < -0.4 is 25.1 Å². The Hall–Kier alpha value is -2.59. The van der Waals surface area contributed by atoms with E-state index in [4.69, 9.17) is 25.8 Å². The fourth-order valence-electron chi connectivity index (χ4n) is 4.54. The number of carbonyl (C=O) groups is 1. The average molecular weight is 503 g/mol. The second-order valence-corrected chi connectivity index (χ2v) is 9.85. The number of rotatable bonds is 6. The van der Waals surface area contributed by atoms with E-state index in [1.165, 1.54) is 11.3 Å². The number of benzene rings is 2. The Morgan fingerprint density at radius 2 is 1.97 bits per heavy atom. The molecule has 2 atom stereocenters. The number of piperidine rings is 1. The summed E-state index contributed by atoms with van der Waals surface area (Å²) >= 11 is 7.73. The first kappa shape index (κ1) is 23.2. The first-order valence-corrected chi connectivity index (χ1v) is 12.5. The normalized spacial score (nSPS) is 21.1. The smallest absolute Gasteiger partial charge is 0.274 e. The van der Waals surface area contributed by atoms with Crippen molar-refractivity contribution in [1.29, 1.82) is 0 Å². The SMILES string of the molecule is COc1ccc(OC)c(C2CC(C(=O)N3CCC(Oc4nc5c(Cl)cccc5s4)CC3)NN2)c1. The molecule has 2 N–H and O–H groups in total. The maximum atomic E-state index is 13.2. The van der Waals surface area contributed by atoms with Gasteiger partial charge in [-0.3, -0.25) is 4.79 Å².